The molecule has 0 radical (unpaired) electrons. The molecule has 1 aromatic heterocycles. The van der Waals surface area contributed by atoms with Crippen molar-refractivity contribution >= 4 is 5.95 Å². The number of hydrogen-bond acceptors (Lipinski definition) is 2. The first-order valence-electron chi connectivity index (χ1n) is 6.26. The van der Waals surface area contributed by atoms with Gasteiger partial charge in [0.25, 0.3) is 0 Å². The molecule has 16 heavy (non-hydrogen) atoms. The predicted octanol–water partition coefficient (Wildman–Crippen LogP) is 3.06. The zero-order chi connectivity index (χ0) is 11.2. The van der Waals surface area contributed by atoms with Crippen LogP contribution in [0.1, 0.15) is 32.1 Å². The van der Waals surface area contributed by atoms with Crippen molar-refractivity contribution in [2.24, 2.45) is 5.92 Å². The summed E-state index contributed by atoms with van der Waals surface area (Å²) < 4.78 is 2.24. The molecule has 1 fully saturated rings. The number of hydrogen-bond donors (Lipinski definition) is 1. The van der Waals surface area contributed by atoms with Crippen LogP contribution in [0.4, 0.5) is 5.95 Å². The zero-order valence-electron chi connectivity index (χ0n) is 9.86. The van der Waals surface area contributed by atoms with Gasteiger partial charge in [0, 0.05) is 25.5 Å². The molecular weight excluding hydrogens is 198 g/mol. The molecule has 1 aliphatic carbocycles. The van der Waals surface area contributed by atoms with Crippen molar-refractivity contribution in [1.29, 1.82) is 0 Å². The van der Waals surface area contributed by atoms with Gasteiger partial charge in [-0.3, -0.25) is 0 Å². The minimum absolute atomic E-state index is 0.779. The molecule has 0 aliphatic heterocycles. The van der Waals surface area contributed by atoms with Crippen molar-refractivity contribution in [3.05, 3.63) is 25.0 Å². The Balaban J connectivity index is 1.91. The summed E-state index contributed by atoms with van der Waals surface area (Å²) >= 11 is 0. The van der Waals surface area contributed by atoms with Crippen molar-refractivity contribution in [2.45, 2.75) is 38.6 Å². The fraction of sp³-hybridized carbons (Fsp3) is 0.615. The van der Waals surface area contributed by atoms with Crippen molar-refractivity contribution < 1.29 is 0 Å². The van der Waals surface area contributed by atoms with Crippen LogP contribution in [0.25, 0.3) is 0 Å². The fourth-order valence-corrected chi connectivity index (χ4v) is 2.44. The summed E-state index contributed by atoms with van der Waals surface area (Å²) in [5, 5.41) is 3.27. The highest BCUT2D eigenvalue weighted by atomic mass is 15.2. The maximum atomic E-state index is 4.32. The van der Waals surface area contributed by atoms with Crippen LogP contribution < -0.4 is 5.32 Å². The second-order valence-electron chi connectivity index (χ2n) is 4.58. The van der Waals surface area contributed by atoms with E-state index in [1.54, 1.807) is 0 Å². The highest BCUT2D eigenvalue weighted by molar-refractivity contribution is 5.26. The molecule has 0 saturated heterocycles. The Bertz CT molecular complexity index is 324. The van der Waals surface area contributed by atoms with E-state index >= 15 is 0 Å². The first-order chi connectivity index (χ1) is 7.90. The number of nitrogens with one attached hydrogen (secondary N) is 1. The molecule has 2 rings (SSSR count). The largest absolute Gasteiger partial charge is 0.352 e. The molecule has 1 N–H and O–H groups in total. The van der Waals surface area contributed by atoms with Crippen LogP contribution in [0.5, 0.6) is 0 Å². The Morgan fingerprint density at radius 1 is 1.44 bits per heavy atom. The van der Waals surface area contributed by atoms with Crippen molar-refractivity contribution in [3.63, 3.8) is 0 Å². The van der Waals surface area contributed by atoms with E-state index in [9.17, 15) is 0 Å². The van der Waals surface area contributed by atoms with Crippen molar-refractivity contribution in [2.75, 3.05) is 11.9 Å². The molecule has 0 unspecified atom stereocenters. The van der Waals surface area contributed by atoms with Crippen LogP contribution in [0.3, 0.4) is 0 Å². The van der Waals surface area contributed by atoms with Gasteiger partial charge in [0.05, 0.1) is 0 Å². The Morgan fingerprint density at radius 2 is 2.25 bits per heavy atom. The summed E-state index contributed by atoms with van der Waals surface area (Å²) in [6.07, 6.45) is 12.8. The Labute approximate surface area is 97.6 Å². The summed E-state index contributed by atoms with van der Waals surface area (Å²) in [6.45, 7) is 5.60. The maximum absolute atomic E-state index is 4.32. The van der Waals surface area contributed by atoms with Gasteiger partial charge >= 0.3 is 0 Å². The summed E-state index contributed by atoms with van der Waals surface area (Å²) in [5.41, 5.74) is 0. The Kier molecular flexibility index (Phi) is 4.03. The van der Waals surface area contributed by atoms with Gasteiger partial charge in [-0.15, -0.1) is 6.58 Å². The molecule has 3 nitrogen and oxygen atoms in total. The average molecular weight is 219 g/mol. The fourth-order valence-electron chi connectivity index (χ4n) is 2.44. The van der Waals surface area contributed by atoms with Crippen molar-refractivity contribution in [1.82, 2.24) is 9.55 Å². The molecule has 1 aromatic rings. The lowest BCUT2D eigenvalue weighted by atomic mass is 9.89. The molecule has 0 amide bonds. The van der Waals surface area contributed by atoms with E-state index < -0.39 is 0 Å². The minimum atomic E-state index is 0.779. The number of rotatable bonds is 5. The number of nitrogens with zero attached hydrogens (tertiary/aromatic N) is 2. The molecular formula is C13H21N3. The zero-order valence-corrected chi connectivity index (χ0v) is 9.86. The topological polar surface area (TPSA) is 29.9 Å². The Hall–Kier alpha value is -1.25. The third-order valence-electron chi connectivity index (χ3n) is 3.30. The van der Waals surface area contributed by atoms with Gasteiger partial charge < -0.3 is 9.88 Å². The van der Waals surface area contributed by atoms with Gasteiger partial charge in [0.1, 0.15) is 0 Å². The molecule has 0 atom stereocenters. The van der Waals surface area contributed by atoms with Crippen LogP contribution in [-0.4, -0.2) is 16.1 Å². The summed E-state index contributed by atoms with van der Waals surface area (Å²) in [5.74, 6) is 1.82. The third kappa shape index (κ3) is 2.87. The first-order valence-corrected chi connectivity index (χ1v) is 6.26. The molecule has 0 aromatic carbocycles. The molecule has 1 heterocycles. The van der Waals surface area contributed by atoms with E-state index in [2.05, 4.69) is 27.6 Å². The van der Waals surface area contributed by atoms with E-state index in [1.165, 1.54) is 32.1 Å². The minimum Gasteiger partial charge on any atom is -0.352 e. The summed E-state index contributed by atoms with van der Waals surface area (Å²) in [7, 11) is 0. The van der Waals surface area contributed by atoms with Gasteiger partial charge in [-0.1, -0.05) is 25.3 Å². The Morgan fingerprint density at radius 3 is 3.00 bits per heavy atom. The van der Waals surface area contributed by atoms with Gasteiger partial charge in [-0.2, -0.15) is 0 Å². The molecule has 0 spiro atoms. The monoisotopic (exact) mass is 219 g/mol. The molecule has 1 aliphatic rings. The van der Waals surface area contributed by atoms with Crippen LogP contribution in [-0.2, 0) is 6.54 Å². The summed E-state index contributed by atoms with van der Waals surface area (Å²) in [6, 6.07) is 0. The second-order valence-corrected chi connectivity index (χ2v) is 4.58. The van der Waals surface area contributed by atoms with Gasteiger partial charge in [0.15, 0.2) is 0 Å². The number of aromatic nitrogens is 2. The standard InChI is InChI=1S/C13H21N3/c1-2-8-14-13-15-9-10-16(13)11-12-6-4-3-5-7-12/h2,9-10,12H,1,3-8,11H2,(H,14,15). The van der Waals surface area contributed by atoms with E-state index in [-0.39, 0.29) is 0 Å². The highest BCUT2D eigenvalue weighted by Gasteiger charge is 2.14. The van der Waals surface area contributed by atoms with E-state index in [0.717, 1.165) is 25.0 Å². The smallest absolute Gasteiger partial charge is 0.203 e. The van der Waals surface area contributed by atoms with Gasteiger partial charge in [-0.25, -0.2) is 4.98 Å². The van der Waals surface area contributed by atoms with Crippen LogP contribution in [0, 0.1) is 5.92 Å². The third-order valence-corrected chi connectivity index (χ3v) is 3.30. The number of imidazole rings is 1. The SMILES string of the molecule is C=CCNc1nccn1CC1CCCCC1. The van der Waals surface area contributed by atoms with Crippen LogP contribution >= 0.6 is 0 Å². The first kappa shape index (κ1) is 11.2. The lowest BCUT2D eigenvalue weighted by Crippen LogP contribution is -2.16. The highest BCUT2D eigenvalue weighted by Crippen LogP contribution is 2.25. The maximum Gasteiger partial charge on any atom is 0.203 e. The van der Waals surface area contributed by atoms with E-state index in [0.29, 0.717) is 0 Å². The lowest BCUT2D eigenvalue weighted by Gasteiger charge is -2.22. The van der Waals surface area contributed by atoms with Gasteiger partial charge in [0.2, 0.25) is 5.95 Å². The molecule has 3 heteroatoms. The second kappa shape index (κ2) is 5.73. The molecule has 88 valence electrons. The lowest BCUT2D eigenvalue weighted by molar-refractivity contribution is 0.320. The average Bonchev–Trinajstić information content (AvgIpc) is 2.75. The van der Waals surface area contributed by atoms with Crippen LogP contribution in [0.2, 0.25) is 0 Å². The van der Waals surface area contributed by atoms with E-state index in [1.807, 2.05) is 12.3 Å². The van der Waals surface area contributed by atoms with E-state index in [4.69, 9.17) is 0 Å². The van der Waals surface area contributed by atoms with Gasteiger partial charge in [-0.05, 0) is 18.8 Å². The quantitative estimate of drug-likeness (QED) is 0.771. The molecule has 1 saturated carbocycles. The normalized spacial score (nSPS) is 17.2. The van der Waals surface area contributed by atoms with Crippen molar-refractivity contribution in [3.8, 4) is 0 Å². The molecule has 0 bridgehead atoms. The van der Waals surface area contributed by atoms with Crippen LogP contribution in [0.15, 0.2) is 25.0 Å². The number of anilines is 1. The summed E-state index contributed by atoms with van der Waals surface area (Å²) in [4.78, 5) is 4.32. The predicted molar refractivity (Wildman–Crippen MR) is 67.5 cm³/mol.